The van der Waals surface area contributed by atoms with Crippen molar-refractivity contribution < 1.29 is 29.0 Å². The van der Waals surface area contributed by atoms with Gasteiger partial charge in [0, 0.05) is 13.0 Å². The number of ether oxygens (including phenoxy) is 1. The van der Waals surface area contributed by atoms with Gasteiger partial charge in [0.1, 0.15) is 17.9 Å². The molecule has 0 saturated heterocycles. The van der Waals surface area contributed by atoms with Crippen LogP contribution in [0.2, 0.25) is 0 Å². The van der Waals surface area contributed by atoms with Crippen LogP contribution in [0.3, 0.4) is 0 Å². The van der Waals surface area contributed by atoms with Crippen LogP contribution in [0.25, 0.3) is 0 Å². The molecule has 0 fully saturated rings. The van der Waals surface area contributed by atoms with Gasteiger partial charge in [0.05, 0.1) is 7.11 Å². The Morgan fingerprint density at radius 3 is 2.19 bits per heavy atom. The Labute approximate surface area is 211 Å². The largest absolute Gasteiger partial charge is 0.635 e. The summed E-state index contributed by atoms with van der Waals surface area (Å²) in [4.78, 5) is 26.5. The number of nitrogens with one attached hydrogen (secondary N) is 2. The molecule has 0 bridgehead atoms. The summed E-state index contributed by atoms with van der Waals surface area (Å²) in [5.74, 6) is -1.45. The molecule has 8 nitrogen and oxygen atoms in total. The molecule has 36 heavy (non-hydrogen) atoms. The van der Waals surface area contributed by atoms with Gasteiger partial charge in [0.25, 0.3) is 0 Å². The van der Waals surface area contributed by atoms with Gasteiger partial charge in [0.15, 0.2) is 0 Å². The molecule has 0 radical (unpaired) electrons. The third kappa shape index (κ3) is 8.53. The summed E-state index contributed by atoms with van der Waals surface area (Å²) >= 11 is 0. The van der Waals surface area contributed by atoms with Gasteiger partial charge in [0.2, 0.25) is 11.8 Å². The lowest BCUT2D eigenvalue weighted by molar-refractivity contribution is -0.137. The third-order valence-corrected chi connectivity index (χ3v) is 5.65. The van der Waals surface area contributed by atoms with Crippen molar-refractivity contribution in [3.05, 3.63) is 101 Å². The fourth-order valence-electron chi connectivity index (χ4n) is 3.73. The van der Waals surface area contributed by atoms with E-state index in [1.807, 2.05) is 73.7 Å². The van der Waals surface area contributed by atoms with Crippen molar-refractivity contribution in [3.63, 3.8) is 0 Å². The lowest BCUT2D eigenvalue weighted by Crippen LogP contribution is -2.48. The highest BCUT2D eigenvalue weighted by Crippen LogP contribution is 2.15. The Morgan fingerprint density at radius 2 is 1.53 bits per heavy atom. The number of aryl methyl sites for hydroxylation is 1. The van der Waals surface area contributed by atoms with Gasteiger partial charge < -0.3 is 30.1 Å². The molecule has 188 valence electrons. The number of carbonyl (C=O) groups is 2. The van der Waals surface area contributed by atoms with Crippen molar-refractivity contribution in [1.29, 1.82) is 0 Å². The highest BCUT2D eigenvalue weighted by atomic mass is 16.6. The zero-order valence-electron chi connectivity index (χ0n) is 20.4. The molecule has 0 aromatic heterocycles. The molecule has 9 heteroatoms. The maximum atomic E-state index is 13.3. The second kappa shape index (κ2) is 13.4. The molecule has 2 atom stereocenters. The lowest BCUT2D eigenvalue weighted by Gasteiger charge is -2.23. The van der Waals surface area contributed by atoms with Crippen LogP contribution >= 0.6 is 0 Å². The molecule has 3 aromatic rings. The molecule has 0 aliphatic carbocycles. The molecule has 3 aromatic carbocycles. The summed E-state index contributed by atoms with van der Waals surface area (Å²) in [6.45, 7) is 2.17. The van der Waals surface area contributed by atoms with Crippen LogP contribution in [-0.2, 0) is 33.6 Å². The first kappa shape index (κ1) is 26.9. The highest BCUT2D eigenvalue weighted by molar-refractivity contribution is 6.32. The number of hydrogen-bond acceptors (Lipinski definition) is 6. The van der Waals surface area contributed by atoms with E-state index in [4.69, 9.17) is 9.39 Å². The van der Waals surface area contributed by atoms with Crippen molar-refractivity contribution in [2.45, 2.75) is 32.5 Å². The monoisotopic (exact) mass is 490 g/mol. The van der Waals surface area contributed by atoms with Crippen LogP contribution in [0.5, 0.6) is 5.75 Å². The number of hydrogen-bond donors (Lipinski definition) is 4. The summed E-state index contributed by atoms with van der Waals surface area (Å²) in [6.07, 6.45) is -0.701. The van der Waals surface area contributed by atoms with E-state index in [1.165, 1.54) is 0 Å². The minimum atomic E-state index is -2.09. The zero-order chi connectivity index (χ0) is 25.9. The van der Waals surface area contributed by atoms with E-state index in [0.29, 0.717) is 5.75 Å². The molecule has 0 aliphatic heterocycles. The van der Waals surface area contributed by atoms with E-state index in [2.05, 4.69) is 10.6 Å². The second-order valence-electron chi connectivity index (χ2n) is 8.46. The first-order valence-electron chi connectivity index (χ1n) is 11.7. The van der Waals surface area contributed by atoms with Crippen LogP contribution in [0.15, 0.2) is 78.9 Å². The fraction of sp³-hybridized carbons (Fsp3) is 0.259. The smallest absolute Gasteiger partial charge is 0.497 e. The fourth-order valence-corrected chi connectivity index (χ4v) is 3.73. The van der Waals surface area contributed by atoms with Gasteiger partial charge >= 0.3 is 7.32 Å². The number of rotatable bonds is 12. The van der Waals surface area contributed by atoms with E-state index in [-0.39, 0.29) is 19.4 Å². The van der Waals surface area contributed by atoms with E-state index in [9.17, 15) is 19.6 Å². The molecule has 4 N–H and O–H groups in total. The van der Waals surface area contributed by atoms with Gasteiger partial charge in [-0.05, 0) is 42.2 Å². The zero-order valence-corrected chi connectivity index (χ0v) is 20.4. The number of carbonyl (C=O) groups excluding carboxylic acids is 2. The van der Waals surface area contributed by atoms with Crippen molar-refractivity contribution in [2.24, 2.45) is 5.92 Å². The lowest BCUT2D eigenvalue weighted by atomic mass is 9.97. The molecular weight excluding hydrogens is 459 g/mol. The first-order chi connectivity index (χ1) is 17.3. The Kier molecular flexibility index (Phi) is 10.1. The van der Waals surface area contributed by atoms with E-state index < -0.39 is 31.3 Å². The quantitative estimate of drug-likeness (QED) is 0.176. The Balaban J connectivity index is 1.75. The first-order valence-corrected chi connectivity index (χ1v) is 11.7. The number of amides is 2. The standard InChI is InChI=1S/C27H31BN2O6/c1-19-11-13-21(14-12-19)17-25(36-28(33)34)30-27(32)24(16-20-7-4-3-5-8-20)26(31)29-18-22-9-6-10-23(15-22)35-2/h3-15,24-25,33-34H,16-18H2,1-2H3,(H,29,31)(H,30,32). The molecule has 3 rings (SSSR count). The van der Waals surface area contributed by atoms with Gasteiger partial charge in [-0.15, -0.1) is 0 Å². The highest BCUT2D eigenvalue weighted by Gasteiger charge is 2.30. The number of benzene rings is 3. The molecule has 0 spiro atoms. The van der Waals surface area contributed by atoms with Crippen molar-refractivity contribution in [1.82, 2.24) is 10.6 Å². The van der Waals surface area contributed by atoms with E-state index in [0.717, 1.165) is 22.3 Å². The van der Waals surface area contributed by atoms with Gasteiger partial charge in [-0.25, -0.2) is 0 Å². The topological polar surface area (TPSA) is 117 Å². The van der Waals surface area contributed by atoms with Gasteiger partial charge in [-0.3, -0.25) is 9.59 Å². The molecule has 0 saturated carbocycles. The van der Waals surface area contributed by atoms with Crippen LogP contribution in [0, 0.1) is 12.8 Å². The third-order valence-electron chi connectivity index (χ3n) is 5.65. The van der Waals surface area contributed by atoms with Crippen molar-refractivity contribution >= 4 is 19.1 Å². The summed E-state index contributed by atoms with van der Waals surface area (Å²) in [5, 5.41) is 24.3. The van der Waals surface area contributed by atoms with Crippen LogP contribution in [-0.4, -0.2) is 42.5 Å². The van der Waals surface area contributed by atoms with Gasteiger partial charge in [-0.1, -0.05) is 72.3 Å². The maximum Gasteiger partial charge on any atom is 0.635 e. The maximum absolute atomic E-state index is 13.3. The molecular formula is C27H31BN2O6. The Bertz CT molecular complexity index is 1120. The van der Waals surface area contributed by atoms with E-state index >= 15 is 0 Å². The predicted molar refractivity (Wildman–Crippen MR) is 137 cm³/mol. The average Bonchev–Trinajstić information content (AvgIpc) is 2.87. The second-order valence-corrected chi connectivity index (χ2v) is 8.46. The predicted octanol–water partition coefficient (Wildman–Crippen LogP) is 2.15. The average molecular weight is 490 g/mol. The van der Waals surface area contributed by atoms with Crippen LogP contribution < -0.4 is 15.4 Å². The molecule has 2 amide bonds. The normalized spacial score (nSPS) is 12.3. The SMILES string of the molecule is COc1cccc(CNC(=O)C(Cc2ccccc2)C(=O)NC(Cc2ccc(C)cc2)OB(O)O)c1. The minimum Gasteiger partial charge on any atom is -0.497 e. The number of methoxy groups -OCH3 is 1. The van der Waals surface area contributed by atoms with Gasteiger partial charge in [-0.2, -0.15) is 0 Å². The summed E-state index contributed by atoms with van der Waals surface area (Å²) in [7, 11) is -0.522. The van der Waals surface area contributed by atoms with Crippen LogP contribution in [0.1, 0.15) is 22.3 Å². The molecule has 2 unspecified atom stereocenters. The summed E-state index contributed by atoms with van der Waals surface area (Å²) in [5.41, 5.74) is 3.53. The minimum absolute atomic E-state index is 0.162. The summed E-state index contributed by atoms with van der Waals surface area (Å²) < 4.78 is 10.3. The van der Waals surface area contributed by atoms with Crippen molar-refractivity contribution in [2.75, 3.05) is 7.11 Å². The molecule has 0 heterocycles. The summed E-state index contributed by atoms with van der Waals surface area (Å²) in [6, 6.07) is 24.0. The Morgan fingerprint density at radius 1 is 0.861 bits per heavy atom. The molecule has 0 aliphatic rings. The Hall–Kier alpha value is -3.66. The van der Waals surface area contributed by atoms with Crippen molar-refractivity contribution in [3.8, 4) is 5.75 Å². The van der Waals surface area contributed by atoms with E-state index in [1.54, 1.807) is 19.2 Å². The van der Waals surface area contributed by atoms with Crippen LogP contribution in [0.4, 0.5) is 0 Å².